The summed E-state index contributed by atoms with van der Waals surface area (Å²) in [5.74, 6) is 0.392. The smallest absolute Gasteiger partial charge is 0.123 e. The molecule has 3 heteroatoms. The van der Waals surface area contributed by atoms with Crippen molar-refractivity contribution in [2.24, 2.45) is 11.1 Å². The Bertz CT molecular complexity index is 341. The second-order valence-electron chi connectivity index (χ2n) is 3.70. The first-order chi connectivity index (χ1) is 6.79. The van der Waals surface area contributed by atoms with Crippen LogP contribution in [0.3, 0.4) is 0 Å². The summed E-state index contributed by atoms with van der Waals surface area (Å²) in [5.41, 5.74) is 1.47. The van der Waals surface area contributed by atoms with Gasteiger partial charge < -0.3 is 5.21 Å². The monoisotopic (exact) mass is 193 g/mol. The van der Waals surface area contributed by atoms with Crippen molar-refractivity contribution in [3.8, 4) is 0 Å². The second-order valence-corrected chi connectivity index (χ2v) is 3.70. The Kier molecular flexibility index (Phi) is 2.48. The van der Waals surface area contributed by atoms with Crippen LogP contribution in [0.15, 0.2) is 29.4 Å². The molecule has 74 valence electrons. The van der Waals surface area contributed by atoms with Gasteiger partial charge in [0, 0.05) is 0 Å². The van der Waals surface area contributed by atoms with Gasteiger partial charge in [0.15, 0.2) is 0 Å². The highest BCUT2D eigenvalue weighted by molar-refractivity contribution is 6.00. The Labute approximate surface area is 82.1 Å². The fraction of sp³-hybridized carbons (Fsp3) is 0.364. The molecule has 0 bridgehead atoms. The quantitative estimate of drug-likeness (QED) is 0.447. The van der Waals surface area contributed by atoms with Gasteiger partial charge in [-0.05, 0) is 42.9 Å². The number of oxime groups is 1. The van der Waals surface area contributed by atoms with E-state index >= 15 is 0 Å². The summed E-state index contributed by atoms with van der Waals surface area (Å²) in [5, 5.41) is 12.1. The van der Waals surface area contributed by atoms with Gasteiger partial charge >= 0.3 is 0 Å². The lowest BCUT2D eigenvalue weighted by atomic mass is 10.1. The zero-order valence-corrected chi connectivity index (χ0v) is 7.78. The van der Waals surface area contributed by atoms with E-state index in [0.29, 0.717) is 11.6 Å². The Morgan fingerprint density at radius 3 is 2.50 bits per heavy atom. The van der Waals surface area contributed by atoms with Gasteiger partial charge in [0.1, 0.15) is 5.82 Å². The van der Waals surface area contributed by atoms with E-state index in [-0.39, 0.29) is 5.82 Å². The standard InChI is InChI=1S/C11H12FNO/c12-10-5-3-9(4-6-10)11(13-14)7-8-1-2-8/h3-6,8,14H,1-2,7H2. The topological polar surface area (TPSA) is 32.6 Å². The summed E-state index contributed by atoms with van der Waals surface area (Å²) in [6.07, 6.45) is 3.21. The summed E-state index contributed by atoms with van der Waals surface area (Å²) in [6, 6.07) is 6.06. The molecule has 0 saturated heterocycles. The lowest BCUT2D eigenvalue weighted by Crippen LogP contribution is -2.02. The Hall–Kier alpha value is -1.38. The third kappa shape index (κ3) is 2.10. The van der Waals surface area contributed by atoms with Crippen LogP contribution in [0.1, 0.15) is 24.8 Å². The Morgan fingerprint density at radius 1 is 1.36 bits per heavy atom. The van der Waals surface area contributed by atoms with Crippen LogP contribution in [-0.2, 0) is 0 Å². The molecule has 1 saturated carbocycles. The third-order valence-corrected chi connectivity index (χ3v) is 2.48. The fourth-order valence-corrected chi connectivity index (χ4v) is 1.45. The maximum Gasteiger partial charge on any atom is 0.123 e. The summed E-state index contributed by atoms with van der Waals surface area (Å²) >= 11 is 0. The zero-order valence-electron chi connectivity index (χ0n) is 7.78. The van der Waals surface area contributed by atoms with E-state index in [1.54, 1.807) is 12.1 Å². The molecular formula is C11H12FNO. The number of benzene rings is 1. The van der Waals surface area contributed by atoms with Crippen molar-refractivity contribution in [2.45, 2.75) is 19.3 Å². The highest BCUT2D eigenvalue weighted by Gasteiger charge is 2.24. The van der Waals surface area contributed by atoms with Crippen molar-refractivity contribution in [1.82, 2.24) is 0 Å². The lowest BCUT2D eigenvalue weighted by Gasteiger charge is -2.02. The summed E-state index contributed by atoms with van der Waals surface area (Å²) in [6.45, 7) is 0. The molecule has 1 N–H and O–H groups in total. The fourth-order valence-electron chi connectivity index (χ4n) is 1.45. The Balaban J connectivity index is 2.14. The minimum absolute atomic E-state index is 0.266. The molecule has 1 aliphatic rings. The highest BCUT2D eigenvalue weighted by atomic mass is 19.1. The minimum Gasteiger partial charge on any atom is -0.411 e. The molecule has 0 atom stereocenters. The second kappa shape index (κ2) is 3.78. The molecular weight excluding hydrogens is 181 g/mol. The number of halogens is 1. The van der Waals surface area contributed by atoms with E-state index < -0.39 is 0 Å². The van der Waals surface area contributed by atoms with E-state index in [4.69, 9.17) is 5.21 Å². The van der Waals surface area contributed by atoms with E-state index in [2.05, 4.69) is 5.16 Å². The molecule has 2 nitrogen and oxygen atoms in total. The number of rotatable bonds is 3. The number of nitrogens with zero attached hydrogens (tertiary/aromatic N) is 1. The number of hydrogen-bond acceptors (Lipinski definition) is 2. The van der Waals surface area contributed by atoms with Crippen LogP contribution >= 0.6 is 0 Å². The van der Waals surface area contributed by atoms with Crippen LogP contribution in [0.4, 0.5) is 4.39 Å². The van der Waals surface area contributed by atoms with Gasteiger partial charge in [-0.25, -0.2) is 4.39 Å². The summed E-state index contributed by atoms with van der Waals surface area (Å²) < 4.78 is 12.6. The lowest BCUT2D eigenvalue weighted by molar-refractivity contribution is 0.317. The van der Waals surface area contributed by atoms with E-state index in [1.165, 1.54) is 25.0 Å². The van der Waals surface area contributed by atoms with Crippen LogP contribution < -0.4 is 0 Å². The predicted octanol–water partition coefficient (Wildman–Crippen LogP) is 2.80. The summed E-state index contributed by atoms with van der Waals surface area (Å²) in [7, 11) is 0. The predicted molar refractivity (Wildman–Crippen MR) is 52.1 cm³/mol. The molecule has 2 rings (SSSR count). The normalized spacial score (nSPS) is 17.1. The van der Waals surface area contributed by atoms with Crippen molar-refractivity contribution in [1.29, 1.82) is 0 Å². The van der Waals surface area contributed by atoms with Gasteiger partial charge in [-0.2, -0.15) is 0 Å². The van der Waals surface area contributed by atoms with E-state index in [1.807, 2.05) is 0 Å². The number of hydrogen-bond donors (Lipinski definition) is 1. The van der Waals surface area contributed by atoms with Gasteiger partial charge in [0.05, 0.1) is 5.71 Å². The van der Waals surface area contributed by atoms with Crippen molar-refractivity contribution < 1.29 is 9.60 Å². The average Bonchev–Trinajstić information content (AvgIpc) is 3.00. The van der Waals surface area contributed by atoms with Crippen molar-refractivity contribution >= 4 is 5.71 Å². The maximum absolute atomic E-state index is 12.6. The van der Waals surface area contributed by atoms with Crippen LogP contribution in [-0.4, -0.2) is 10.9 Å². The first kappa shape index (κ1) is 9.19. The van der Waals surface area contributed by atoms with Crippen molar-refractivity contribution in [2.75, 3.05) is 0 Å². The van der Waals surface area contributed by atoms with Gasteiger partial charge in [-0.15, -0.1) is 0 Å². The largest absolute Gasteiger partial charge is 0.411 e. The highest BCUT2D eigenvalue weighted by Crippen LogP contribution is 2.33. The third-order valence-electron chi connectivity index (χ3n) is 2.48. The van der Waals surface area contributed by atoms with Crippen LogP contribution in [0.2, 0.25) is 0 Å². The maximum atomic E-state index is 12.6. The first-order valence-electron chi connectivity index (χ1n) is 4.76. The molecule has 0 radical (unpaired) electrons. The van der Waals surface area contributed by atoms with Gasteiger partial charge in [-0.3, -0.25) is 0 Å². The van der Waals surface area contributed by atoms with Crippen LogP contribution in [0, 0.1) is 11.7 Å². The first-order valence-corrected chi connectivity index (χ1v) is 4.76. The van der Waals surface area contributed by atoms with Crippen LogP contribution in [0.25, 0.3) is 0 Å². The van der Waals surface area contributed by atoms with Crippen molar-refractivity contribution in [3.05, 3.63) is 35.6 Å². The molecule has 0 unspecified atom stereocenters. The molecule has 1 aliphatic carbocycles. The molecule has 1 aromatic carbocycles. The molecule has 1 aromatic rings. The molecule has 0 aliphatic heterocycles. The van der Waals surface area contributed by atoms with E-state index in [0.717, 1.165) is 12.0 Å². The Morgan fingerprint density at radius 2 is 2.00 bits per heavy atom. The molecule has 0 aromatic heterocycles. The van der Waals surface area contributed by atoms with Crippen LogP contribution in [0.5, 0.6) is 0 Å². The SMILES string of the molecule is ON=C(CC1CC1)c1ccc(F)cc1. The molecule has 0 amide bonds. The molecule has 1 fully saturated rings. The van der Waals surface area contributed by atoms with Crippen molar-refractivity contribution in [3.63, 3.8) is 0 Å². The minimum atomic E-state index is -0.266. The van der Waals surface area contributed by atoms with Gasteiger partial charge in [0.2, 0.25) is 0 Å². The molecule has 14 heavy (non-hydrogen) atoms. The zero-order chi connectivity index (χ0) is 9.97. The summed E-state index contributed by atoms with van der Waals surface area (Å²) in [4.78, 5) is 0. The molecule has 0 heterocycles. The molecule has 0 spiro atoms. The van der Waals surface area contributed by atoms with Gasteiger partial charge in [-0.1, -0.05) is 17.3 Å². The van der Waals surface area contributed by atoms with Gasteiger partial charge in [0.25, 0.3) is 0 Å². The average molecular weight is 193 g/mol. The van der Waals surface area contributed by atoms with E-state index in [9.17, 15) is 4.39 Å².